The molecule has 0 aliphatic carbocycles. The summed E-state index contributed by atoms with van der Waals surface area (Å²) in [6.07, 6.45) is -5.14. The molecule has 3 aromatic rings. The Morgan fingerprint density at radius 2 is 1.89 bits per heavy atom. The minimum absolute atomic E-state index is 0.00979. The maximum atomic E-state index is 13.5. The lowest BCUT2D eigenvalue weighted by Gasteiger charge is -2.21. The quantitative estimate of drug-likeness (QED) is 0.523. The van der Waals surface area contributed by atoms with E-state index in [0.717, 1.165) is 12.1 Å². The molecule has 5 N–H and O–H groups in total. The van der Waals surface area contributed by atoms with E-state index in [9.17, 15) is 24.1 Å². The maximum Gasteiger partial charge on any atom is 0.222 e. The van der Waals surface area contributed by atoms with Crippen molar-refractivity contribution in [3.8, 4) is 0 Å². The fourth-order valence-electron chi connectivity index (χ4n) is 3.47. The Morgan fingerprint density at radius 1 is 1.14 bits per heavy atom. The molecular weight excluding hydrogens is 374 g/mol. The van der Waals surface area contributed by atoms with Crippen LogP contribution in [0.25, 0.3) is 11.0 Å². The van der Waals surface area contributed by atoms with Crippen molar-refractivity contribution in [3.63, 3.8) is 0 Å². The largest absolute Gasteiger partial charge is 0.387 e. The van der Waals surface area contributed by atoms with Gasteiger partial charge in [-0.3, -0.25) is 0 Å². The minimum Gasteiger partial charge on any atom is -0.387 e. The molecule has 28 heavy (non-hydrogen) atoms. The first-order valence-electron chi connectivity index (χ1n) is 8.53. The fourth-order valence-corrected chi connectivity index (χ4v) is 3.47. The Kier molecular flexibility index (Phi) is 4.50. The second-order valence-electron chi connectivity index (χ2n) is 6.72. The molecule has 1 saturated heterocycles. The maximum absolute atomic E-state index is 13.5. The van der Waals surface area contributed by atoms with Crippen LogP contribution in [-0.2, 0) is 4.74 Å². The summed E-state index contributed by atoms with van der Waals surface area (Å²) in [6, 6.07) is 4.58. The SMILES string of the molecule is Cc1nc(N)nc2c1ccn2[C@@H]1O[C@H]([C@H](O)c2ccc(F)c(F)c2)[C@@H](O)[C@H]1O. The van der Waals surface area contributed by atoms with Crippen LogP contribution >= 0.6 is 0 Å². The van der Waals surface area contributed by atoms with Gasteiger partial charge in [-0.1, -0.05) is 6.07 Å². The number of fused-ring (bicyclic) bond motifs is 1. The van der Waals surface area contributed by atoms with Gasteiger partial charge in [0.05, 0.1) is 5.69 Å². The predicted octanol–water partition coefficient (Wildman–Crippen LogP) is 0.953. The third kappa shape index (κ3) is 2.90. The summed E-state index contributed by atoms with van der Waals surface area (Å²) in [5.41, 5.74) is 6.73. The third-order valence-electron chi connectivity index (χ3n) is 4.93. The van der Waals surface area contributed by atoms with Gasteiger partial charge in [-0.2, -0.15) is 4.98 Å². The second-order valence-corrected chi connectivity index (χ2v) is 6.72. The molecule has 148 valence electrons. The van der Waals surface area contributed by atoms with E-state index in [1.54, 1.807) is 19.2 Å². The number of nitrogens with zero attached hydrogens (tertiary/aromatic N) is 3. The molecule has 1 fully saturated rings. The van der Waals surface area contributed by atoms with Crippen LogP contribution in [0.3, 0.4) is 0 Å². The smallest absolute Gasteiger partial charge is 0.222 e. The van der Waals surface area contributed by atoms with E-state index in [0.29, 0.717) is 16.7 Å². The molecule has 1 aliphatic heterocycles. The summed E-state index contributed by atoms with van der Waals surface area (Å²) < 4.78 is 33.8. The first-order valence-corrected chi connectivity index (χ1v) is 8.53. The Balaban J connectivity index is 1.67. The standard InChI is InChI=1S/C18H18F2N4O4/c1-7-9-4-5-24(16(9)23-18(21)22-7)17-14(27)13(26)15(28-17)12(25)8-2-3-10(19)11(20)6-8/h2-6,12-15,17,25-27H,1H3,(H2,21,22,23)/t12-,13+,14-,15-,17-/m1/s1. The summed E-state index contributed by atoms with van der Waals surface area (Å²) >= 11 is 0. The number of aliphatic hydroxyl groups is 3. The van der Waals surface area contributed by atoms with E-state index < -0.39 is 42.3 Å². The Bertz CT molecular complexity index is 1040. The number of hydrogen-bond acceptors (Lipinski definition) is 7. The van der Waals surface area contributed by atoms with Crippen LogP contribution in [0.1, 0.15) is 23.6 Å². The average Bonchev–Trinajstić information content (AvgIpc) is 3.19. The van der Waals surface area contributed by atoms with Gasteiger partial charge in [-0.15, -0.1) is 0 Å². The molecular formula is C18H18F2N4O4. The van der Waals surface area contributed by atoms with Gasteiger partial charge in [0.1, 0.15) is 30.1 Å². The van der Waals surface area contributed by atoms with Crippen LogP contribution in [0.5, 0.6) is 0 Å². The molecule has 1 aliphatic rings. The van der Waals surface area contributed by atoms with Crippen molar-refractivity contribution >= 4 is 17.0 Å². The molecule has 0 bridgehead atoms. The third-order valence-corrected chi connectivity index (χ3v) is 4.93. The zero-order valence-corrected chi connectivity index (χ0v) is 14.7. The number of nitrogens with two attached hydrogens (primary N) is 1. The van der Waals surface area contributed by atoms with Crippen molar-refractivity contribution in [2.75, 3.05) is 5.73 Å². The number of aromatic nitrogens is 3. The zero-order valence-electron chi connectivity index (χ0n) is 14.7. The van der Waals surface area contributed by atoms with Crippen molar-refractivity contribution in [3.05, 3.63) is 53.4 Å². The lowest BCUT2D eigenvalue weighted by atomic mass is 9.99. The van der Waals surface area contributed by atoms with Gasteiger partial charge in [-0.05, 0) is 30.7 Å². The van der Waals surface area contributed by atoms with E-state index in [1.165, 1.54) is 10.6 Å². The lowest BCUT2D eigenvalue weighted by molar-refractivity contribution is -0.0849. The summed E-state index contributed by atoms with van der Waals surface area (Å²) in [5, 5.41) is 32.1. The first kappa shape index (κ1) is 18.7. The number of rotatable bonds is 3. The van der Waals surface area contributed by atoms with E-state index >= 15 is 0 Å². The van der Waals surface area contributed by atoms with Crippen LogP contribution in [-0.4, -0.2) is 48.2 Å². The number of ether oxygens (including phenoxy) is 1. The highest BCUT2D eigenvalue weighted by Crippen LogP contribution is 2.37. The predicted molar refractivity (Wildman–Crippen MR) is 93.9 cm³/mol. The second kappa shape index (κ2) is 6.74. The molecule has 5 atom stereocenters. The van der Waals surface area contributed by atoms with Gasteiger partial charge in [0.25, 0.3) is 0 Å². The van der Waals surface area contributed by atoms with Gasteiger partial charge in [0.15, 0.2) is 17.9 Å². The van der Waals surface area contributed by atoms with Crippen molar-refractivity contribution in [1.29, 1.82) is 0 Å². The van der Waals surface area contributed by atoms with Crippen molar-refractivity contribution < 1.29 is 28.8 Å². The van der Waals surface area contributed by atoms with E-state index in [1.807, 2.05) is 0 Å². The van der Waals surface area contributed by atoms with Gasteiger partial charge >= 0.3 is 0 Å². The monoisotopic (exact) mass is 392 g/mol. The number of halogens is 2. The number of benzene rings is 1. The van der Waals surface area contributed by atoms with Gasteiger partial charge < -0.3 is 30.4 Å². The molecule has 1 aromatic carbocycles. The highest BCUT2D eigenvalue weighted by Gasteiger charge is 2.47. The van der Waals surface area contributed by atoms with Crippen LogP contribution in [0.15, 0.2) is 30.5 Å². The fraction of sp³-hybridized carbons (Fsp3) is 0.333. The summed E-state index contributed by atoms with van der Waals surface area (Å²) in [4.78, 5) is 8.22. The summed E-state index contributed by atoms with van der Waals surface area (Å²) in [7, 11) is 0. The van der Waals surface area contributed by atoms with Crippen LogP contribution in [0.4, 0.5) is 14.7 Å². The molecule has 0 saturated carbocycles. The van der Waals surface area contributed by atoms with Crippen LogP contribution in [0.2, 0.25) is 0 Å². The molecule has 0 spiro atoms. The van der Waals surface area contributed by atoms with Crippen molar-refractivity contribution in [2.24, 2.45) is 0 Å². The number of aryl methyl sites for hydroxylation is 1. The summed E-state index contributed by atoms with van der Waals surface area (Å²) in [5.74, 6) is -2.16. The van der Waals surface area contributed by atoms with Gasteiger partial charge in [0, 0.05) is 11.6 Å². The molecule has 0 unspecified atom stereocenters. The van der Waals surface area contributed by atoms with E-state index in [4.69, 9.17) is 10.5 Å². The van der Waals surface area contributed by atoms with E-state index in [2.05, 4.69) is 9.97 Å². The molecule has 8 nitrogen and oxygen atoms in total. The van der Waals surface area contributed by atoms with Gasteiger partial charge in [-0.25, -0.2) is 13.8 Å². The Hall–Kier alpha value is -2.66. The topological polar surface area (TPSA) is 127 Å². The number of nitrogen functional groups attached to an aromatic ring is 1. The molecule has 4 rings (SSSR count). The molecule has 0 radical (unpaired) electrons. The van der Waals surface area contributed by atoms with Crippen LogP contribution < -0.4 is 5.73 Å². The Labute approximate surface area is 157 Å². The number of aliphatic hydroxyl groups excluding tert-OH is 3. The zero-order chi connectivity index (χ0) is 20.2. The van der Waals surface area contributed by atoms with Crippen molar-refractivity contribution in [2.45, 2.75) is 37.6 Å². The highest BCUT2D eigenvalue weighted by atomic mass is 19.2. The first-order chi connectivity index (χ1) is 13.3. The molecule has 2 aromatic heterocycles. The number of anilines is 1. The van der Waals surface area contributed by atoms with Crippen LogP contribution in [0, 0.1) is 18.6 Å². The highest BCUT2D eigenvalue weighted by molar-refractivity contribution is 5.79. The Morgan fingerprint density at radius 3 is 2.61 bits per heavy atom. The summed E-state index contributed by atoms with van der Waals surface area (Å²) in [6.45, 7) is 1.75. The molecule has 0 amide bonds. The van der Waals surface area contributed by atoms with E-state index in [-0.39, 0.29) is 11.5 Å². The minimum atomic E-state index is -1.49. The lowest BCUT2D eigenvalue weighted by Crippen LogP contribution is -2.34. The number of hydrogen-bond donors (Lipinski definition) is 4. The molecule has 10 heteroatoms. The molecule has 3 heterocycles. The van der Waals surface area contributed by atoms with Gasteiger partial charge in [0.2, 0.25) is 5.95 Å². The average molecular weight is 392 g/mol. The van der Waals surface area contributed by atoms with Crippen molar-refractivity contribution in [1.82, 2.24) is 14.5 Å². The normalized spacial score (nSPS) is 26.1.